The number of likely N-dealkylation sites (tertiary alicyclic amines) is 1. The third-order valence-corrected chi connectivity index (χ3v) is 5.66. The van der Waals surface area contributed by atoms with E-state index in [0.717, 1.165) is 37.3 Å². The van der Waals surface area contributed by atoms with Crippen LogP contribution in [0, 0.1) is 0 Å². The molecule has 1 aliphatic rings. The van der Waals surface area contributed by atoms with Crippen LogP contribution in [0.3, 0.4) is 0 Å². The number of ketones is 1. The Morgan fingerprint density at radius 2 is 1.40 bits per heavy atom. The molecule has 3 aromatic carbocycles. The zero-order valence-electron chi connectivity index (χ0n) is 22.4. The zero-order valence-corrected chi connectivity index (χ0v) is 22.4. The maximum atomic E-state index is 12.0. The predicted octanol–water partition coefficient (Wildman–Crippen LogP) is 8.52. The summed E-state index contributed by atoms with van der Waals surface area (Å²) in [7, 11) is 0. The minimum absolute atomic E-state index is 0.106. The van der Waals surface area contributed by atoms with Crippen molar-refractivity contribution in [2.24, 2.45) is 0 Å². The Morgan fingerprint density at radius 1 is 0.829 bits per heavy atom. The Hall–Kier alpha value is -2.91. The van der Waals surface area contributed by atoms with Gasteiger partial charge in [0.2, 0.25) is 0 Å². The standard InChI is InChI=1S/C26H28N2O.2C3H8/c1-21(29)23-12-8-15-25(18-23)28(24-13-6-3-7-14-24)26-16-9-17-27(20-26)19-22-10-4-2-5-11-22;2*1-3-2/h2-8,10-15,18,26H,9,16-17,19-20H2,1H3;2*3H2,1-2H3. The Morgan fingerprint density at radius 3 is 2.00 bits per heavy atom. The van der Waals surface area contributed by atoms with E-state index in [-0.39, 0.29) is 5.78 Å². The highest BCUT2D eigenvalue weighted by Gasteiger charge is 2.27. The average molecular weight is 473 g/mol. The first-order valence-electron chi connectivity index (χ1n) is 13.2. The van der Waals surface area contributed by atoms with E-state index < -0.39 is 0 Å². The molecule has 3 aromatic rings. The van der Waals surface area contributed by atoms with Gasteiger partial charge in [-0.3, -0.25) is 9.69 Å². The molecule has 0 aliphatic carbocycles. The van der Waals surface area contributed by atoms with Gasteiger partial charge in [-0.15, -0.1) is 0 Å². The number of carbonyl (C=O) groups excluding carboxylic acids is 1. The summed E-state index contributed by atoms with van der Waals surface area (Å²) in [5.41, 5.74) is 4.40. The topological polar surface area (TPSA) is 23.6 Å². The van der Waals surface area contributed by atoms with Crippen LogP contribution < -0.4 is 4.90 Å². The van der Waals surface area contributed by atoms with E-state index >= 15 is 0 Å². The van der Waals surface area contributed by atoms with Gasteiger partial charge in [-0.05, 0) is 56.1 Å². The minimum Gasteiger partial charge on any atom is -0.337 e. The first kappa shape index (κ1) is 28.3. The lowest BCUT2D eigenvalue weighted by Gasteiger charge is -2.41. The summed E-state index contributed by atoms with van der Waals surface area (Å²) >= 11 is 0. The number of anilines is 2. The molecule has 1 atom stereocenters. The molecule has 0 radical (unpaired) electrons. The van der Waals surface area contributed by atoms with Crippen molar-refractivity contribution in [2.45, 2.75) is 72.9 Å². The quantitative estimate of drug-likeness (QED) is 0.336. The highest BCUT2D eigenvalue weighted by Crippen LogP contribution is 2.32. The molecule has 1 heterocycles. The van der Waals surface area contributed by atoms with E-state index in [1.54, 1.807) is 6.92 Å². The van der Waals surface area contributed by atoms with Gasteiger partial charge in [0, 0.05) is 36.1 Å². The molecular formula is C32H44N2O. The molecule has 4 rings (SSSR count). The Kier molecular flexibility index (Phi) is 12.9. The minimum atomic E-state index is 0.106. The van der Waals surface area contributed by atoms with Crippen molar-refractivity contribution in [2.75, 3.05) is 18.0 Å². The van der Waals surface area contributed by atoms with E-state index in [0.29, 0.717) is 6.04 Å². The first-order valence-corrected chi connectivity index (χ1v) is 13.2. The number of piperidine rings is 1. The number of hydrogen-bond acceptors (Lipinski definition) is 3. The molecule has 0 bridgehead atoms. The molecule has 0 spiro atoms. The highest BCUT2D eigenvalue weighted by atomic mass is 16.1. The van der Waals surface area contributed by atoms with Gasteiger partial charge in [-0.1, -0.05) is 101 Å². The van der Waals surface area contributed by atoms with Crippen molar-refractivity contribution in [3.05, 3.63) is 96.1 Å². The lowest BCUT2D eigenvalue weighted by molar-refractivity contribution is 0.101. The Bertz CT molecular complexity index is 969. The third-order valence-electron chi connectivity index (χ3n) is 5.66. The molecule has 1 fully saturated rings. The van der Waals surface area contributed by atoms with E-state index in [1.807, 2.05) is 18.2 Å². The van der Waals surface area contributed by atoms with Crippen LogP contribution in [-0.2, 0) is 6.54 Å². The summed E-state index contributed by atoms with van der Waals surface area (Å²) < 4.78 is 0. The van der Waals surface area contributed by atoms with E-state index in [2.05, 4.69) is 104 Å². The number of para-hydroxylation sites is 1. The number of Topliss-reactive ketones (excluding diaryl/α,β-unsaturated/α-hetero) is 1. The van der Waals surface area contributed by atoms with Crippen LogP contribution in [0.5, 0.6) is 0 Å². The number of rotatable bonds is 6. The van der Waals surface area contributed by atoms with Crippen molar-refractivity contribution < 1.29 is 4.79 Å². The lowest BCUT2D eigenvalue weighted by atomic mass is 10.0. The summed E-state index contributed by atoms with van der Waals surface area (Å²) in [6.45, 7) is 13.2. The molecule has 0 amide bonds. The van der Waals surface area contributed by atoms with Gasteiger partial charge in [0.1, 0.15) is 0 Å². The molecule has 0 saturated carbocycles. The SMILES string of the molecule is CC(=O)c1cccc(N(c2ccccc2)C2CCCN(Cc3ccccc3)C2)c1.CCC.CCC. The smallest absolute Gasteiger partial charge is 0.159 e. The summed E-state index contributed by atoms with van der Waals surface area (Å²) in [5.74, 6) is 0.106. The van der Waals surface area contributed by atoms with Gasteiger partial charge in [0.05, 0.1) is 0 Å². The van der Waals surface area contributed by atoms with Crippen LogP contribution in [-0.4, -0.2) is 29.8 Å². The fourth-order valence-corrected chi connectivity index (χ4v) is 4.26. The highest BCUT2D eigenvalue weighted by molar-refractivity contribution is 5.95. The van der Waals surface area contributed by atoms with Gasteiger partial charge in [0.25, 0.3) is 0 Å². The summed E-state index contributed by atoms with van der Waals surface area (Å²) in [6.07, 6.45) is 4.82. The van der Waals surface area contributed by atoms with E-state index in [1.165, 1.54) is 30.5 Å². The average Bonchev–Trinajstić information content (AvgIpc) is 2.87. The van der Waals surface area contributed by atoms with Crippen molar-refractivity contribution >= 4 is 17.2 Å². The van der Waals surface area contributed by atoms with Gasteiger partial charge in [0.15, 0.2) is 5.78 Å². The zero-order chi connectivity index (χ0) is 25.5. The van der Waals surface area contributed by atoms with Gasteiger partial charge < -0.3 is 4.90 Å². The number of benzene rings is 3. The van der Waals surface area contributed by atoms with Crippen LogP contribution in [0.4, 0.5) is 11.4 Å². The Labute approximate surface area is 213 Å². The molecule has 0 aromatic heterocycles. The monoisotopic (exact) mass is 472 g/mol. The van der Waals surface area contributed by atoms with Crippen LogP contribution in [0.2, 0.25) is 0 Å². The second kappa shape index (κ2) is 15.9. The van der Waals surface area contributed by atoms with Crippen molar-refractivity contribution in [3.8, 4) is 0 Å². The maximum Gasteiger partial charge on any atom is 0.159 e. The van der Waals surface area contributed by atoms with Gasteiger partial charge in [-0.2, -0.15) is 0 Å². The predicted molar refractivity (Wildman–Crippen MR) is 152 cm³/mol. The first-order chi connectivity index (χ1) is 17.0. The molecular weight excluding hydrogens is 428 g/mol. The fourth-order valence-electron chi connectivity index (χ4n) is 4.26. The molecule has 1 unspecified atom stereocenters. The summed E-state index contributed by atoms with van der Waals surface area (Å²) in [5, 5.41) is 0. The summed E-state index contributed by atoms with van der Waals surface area (Å²) in [4.78, 5) is 16.9. The largest absolute Gasteiger partial charge is 0.337 e. The number of carbonyl (C=O) groups is 1. The normalized spacial score (nSPS) is 15.2. The van der Waals surface area contributed by atoms with Gasteiger partial charge in [-0.25, -0.2) is 0 Å². The van der Waals surface area contributed by atoms with Crippen molar-refractivity contribution in [1.82, 2.24) is 4.90 Å². The Balaban J connectivity index is 0.000000655. The molecule has 0 N–H and O–H groups in total. The molecule has 35 heavy (non-hydrogen) atoms. The van der Waals surface area contributed by atoms with Gasteiger partial charge >= 0.3 is 0 Å². The second-order valence-electron chi connectivity index (χ2n) is 9.24. The maximum absolute atomic E-state index is 12.0. The number of hydrogen-bond donors (Lipinski definition) is 0. The molecule has 188 valence electrons. The molecule has 3 nitrogen and oxygen atoms in total. The molecule has 1 saturated heterocycles. The van der Waals surface area contributed by atoms with Crippen molar-refractivity contribution in [3.63, 3.8) is 0 Å². The van der Waals surface area contributed by atoms with Crippen LogP contribution in [0.15, 0.2) is 84.9 Å². The summed E-state index contributed by atoms with van der Waals surface area (Å²) in [6, 6.07) is 29.7. The van der Waals surface area contributed by atoms with Crippen molar-refractivity contribution in [1.29, 1.82) is 0 Å². The lowest BCUT2D eigenvalue weighted by Crippen LogP contribution is -2.46. The van der Waals surface area contributed by atoms with E-state index in [9.17, 15) is 4.79 Å². The number of nitrogens with zero attached hydrogens (tertiary/aromatic N) is 2. The van der Waals surface area contributed by atoms with Crippen LogP contribution in [0.1, 0.15) is 76.2 Å². The molecule has 1 aliphatic heterocycles. The fraction of sp³-hybridized carbons (Fsp3) is 0.406. The van der Waals surface area contributed by atoms with Crippen LogP contribution >= 0.6 is 0 Å². The van der Waals surface area contributed by atoms with Crippen LogP contribution in [0.25, 0.3) is 0 Å². The van der Waals surface area contributed by atoms with E-state index in [4.69, 9.17) is 0 Å². The third kappa shape index (κ3) is 9.33. The molecule has 3 heteroatoms. The second-order valence-corrected chi connectivity index (χ2v) is 9.24.